The van der Waals surface area contributed by atoms with Crippen molar-refractivity contribution in [3.8, 4) is 11.3 Å². The van der Waals surface area contributed by atoms with Crippen molar-refractivity contribution in [2.45, 2.75) is 163 Å². The molecule has 10 atom stereocenters. The van der Waals surface area contributed by atoms with Crippen LogP contribution < -0.4 is 0 Å². The van der Waals surface area contributed by atoms with Gasteiger partial charge in [-0.25, -0.2) is 4.98 Å². The summed E-state index contributed by atoms with van der Waals surface area (Å²) in [6.07, 6.45) is 24.6. The van der Waals surface area contributed by atoms with E-state index in [1.807, 2.05) is 18.5 Å². The van der Waals surface area contributed by atoms with Gasteiger partial charge < -0.3 is 19.5 Å². The molecule has 0 unspecified atom stereocenters. The van der Waals surface area contributed by atoms with Gasteiger partial charge in [0.2, 0.25) is 5.91 Å². The van der Waals surface area contributed by atoms with Crippen LogP contribution in [0, 0.1) is 56.7 Å². The van der Waals surface area contributed by atoms with E-state index >= 15 is 4.79 Å². The maximum Gasteiger partial charge on any atom is 0.229 e. The first-order valence-corrected chi connectivity index (χ1v) is 22.8. The summed E-state index contributed by atoms with van der Waals surface area (Å²) >= 11 is 0. The van der Waals surface area contributed by atoms with Crippen molar-refractivity contribution < 1.29 is 9.90 Å². The molecule has 7 heteroatoms. The summed E-state index contributed by atoms with van der Waals surface area (Å²) in [7, 11) is 4.27. The van der Waals surface area contributed by atoms with E-state index in [4.69, 9.17) is 4.98 Å². The van der Waals surface area contributed by atoms with Crippen LogP contribution in [0.5, 0.6) is 0 Å². The van der Waals surface area contributed by atoms with Crippen LogP contribution in [0.4, 0.5) is 0 Å². The number of likely N-dealkylation sites (N-methyl/N-ethyl adjacent to an activating group) is 1. The standard InChI is InChI=1S/C48H75N5O2/c1-9-10-15-40(54)44(2,3)34-18-20-46(5)35(30-34)16-17-37-41-36(45(4)22-23-45)19-21-48(41,25-24-47(37,46)6)43(55)53-27-12-14-39(53)42-50-38(33-13-11-26-49-31-33)32-52(42)29-28-51(7)8/h11,13,26,31-32,34-37,39-41,54H,9-10,12,14-25,27-30H2,1-8H3/t34-,35-,36-,37-,39+,40+,41-,46-,47-,48+/m1/s1. The summed E-state index contributed by atoms with van der Waals surface area (Å²) in [4.78, 5) is 30.2. The molecule has 0 bridgehead atoms. The molecule has 2 aromatic rings. The topological polar surface area (TPSA) is 74.5 Å². The molecule has 2 aromatic heterocycles. The second kappa shape index (κ2) is 14.5. The number of amides is 1. The lowest BCUT2D eigenvalue weighted by Gasteiger charge is -2.68. The number of likely N-dealkylation sites (tertiary alicyclic amines) is 1. The summed E-state index contributed by atoms with van der Waals surface area (Å²) in [5.41, 5.74) is 2.67. The molecule has 0 spiro atoms. The molecule has 6 fully saturated rings. The number of carbonyl (C=O) groups excluding carboxylic acids is 1. The van der Waals surface area contributed by atoms with Gasteiger partial charge in [0.25, 0.3) is 0 Å². The molecule has 3 heterocycles. The quantitative estimate of drug-likeness (QED) is 0.234. The lowest BCUT2D eigenvalue weighted by Crippen LogP contribution is -2.63. The van der Waals surface area contributed by atoms with Gasteiger partial charge in [-0.1, -0.05) is 54.4 Å². The van der Waals surface area contributed by atoms with Crippen LogP contribution in [0.1, 0.15) is 156 Å². The minimum absolute atomic E-state index is 0.0264. The molecule has 55 heavy (non-hydrogen) atoms. The second-order valence-electron chi connectivity index (χ2n) is 21.5. The maximum absolute atomic E-state index is 15.8. The number of carbonyl (C=O) groups is 1. The van der Waals surface area contributed by atoms with E-state index in [0.29, 0.717) is 46.3 Å². The number of aliphatic hydroxyl groups excluding tert-OH is 1. The minimum Gasteiger partial charge on any atom is -0.393 e. The third kappa shape index (κ3) is 6.47. The Balaban J connectivity index is 1.10. The van der Waals surface area contributed by atoms with E-state index in [-0.39, 0.29) is 28.4 Å². The molecular formula is C48H75N5O2. The Morgan fingerprint density at radius 1 is 1.00 bits per heavy atom. The van der Waals surface area contributed by atoms with Crippen LogP contribution >= 0.6 is 0 Å². The number of aromatic nitrogens is 3. The number of pyridine rings is 1. The summed E-state index contributed by atoms with van der Waals surface area (Å²) in [6.45, 7) is 17.6. The zero-order chi connectivity index (χ0) is 39.0. The first-order chi connectivity index (χ1) is 26.2. The molecule has 8 rings (SSSR count). The van der Waals surface area contributed by atoms with E-state index in [0.717, 1.165) is 81.7 Å². The number of hydrogen-bond donors (Lipinski definition) is 1. The molecule has 0 aromatic carbocycles. The van der Waals surface area contributed by atoms with Gasteiger partial charge in [0, 0.05) is 43.8 Å². The van der Waals surface area contributed by atoms with E-state index in [1.165, 1.54) is 57.8 Å². The van der Waals surface area contributed by atoms with Crippen LogP contribution in [-0.2, 0) is 11.3 Å². The zero-order valence-corrected chi connectivity index (χ0v) is 36.0. The van der Waals surface area contributed by atoms with E-state index in [2.05, 4.69) is 87.3 Å². The SMILES string of the molecule is CCCC[C@H](O)C(C)(C)[C@@H]1CC[C@]2(C)[C@H](CC[C@@H]3[C@H]4[C@H](C5(C)CC5)CC[C@]4(C(=O)N4CCC[C@H]4c4nc(-c5cccnc5)cn4CCN(C)C)CC[C@]32C)C1. The fourth-order valence-electron chi connectivity index (χ4n) is 14.2. The molecule has 5 saturated carbocycles. The monoisotopic (exact) mass is 754 g/mol. The van der Waals surface area contributed by atoms with Gasteiger partial charge in [-0.2, -0.15) is 0 Å². The zero-order valence-electron chi connectivity index (χ0n) is 36.0. The van der Waals surface area contributed by atoms with E-state index < -0.39 is 0 Å². The summed E-state index contributed by atoms with van der Waals surface area (Å²) in [5.74, 6) is 4.59. The van der Waals surface area contributed by atoms with Gasteiger partial charge in [0.15, 0.2) is 0 Å². The Kier molecular flexibility index (Phi) is 10.5. The summed E-state index contributed by atoms with van der Waals surface area (Å²) in [5, 5.41) is 11.4. The molecule has 1 amide bonds. The van der Waals surface area contributed by atoms with Crippen molar-refractivity contribution in [3.63, 3.8) is 0 Å². The van der Waals surface area contributed by atoms with Gasteiger partial charge in [0.1, 0.15) is 5.82 Å². The van der Waals surface area contributed by atoms with Crippen LogP contribution in [0.2, 0.25) is 0 Å². The number of nitrogens with zero attached hydrogens (tertiary/aromatic N) is 5. The smallest absolute Gasteiger partial charge is 0.229 e. The van der Waals surface area contributed by atoms with Gasteiger partial charge in [-0.05, 0) is 167 Å². The number of imidazole rings is 1. The third-order valence-corrected chi connectivity index (χ3v) is 18.4. The fourth-order valence-corrected chi connectivity index (χ4v) is 14.2. The average molecular weight is 754 g/mol. The molecule has 5 aliphatic carbocycles. The lowest BCUT2D eigenvalue weighted by molar-refractivity contribution is -0.201. The molecule has 1 saturated heterocycles. The molecule has 0 radical (unpaired) electrons. The Morgan fingerprint density at radius 3 is 2.51 bits per heavy atom. The van der Waals surface area contributed by atoms with Gasteiger partial charge >= 0.3 is 0 Å². The number of hydrogen-bond acceptors (Lipinski definition) is 5. The highest BCUT2D eigenvalue weighted by molar-refractivity contribution is 5.84. The molecule has 1 N–H and O–H groups in total. The molecular weight excluding hydrogens is 679 g/mol. The average Bonchev–Trinajstić information content (AvgIpc) is 3.52. The van der Waals surface area contributed by atoms with Gasteiger partial charge in [-0.3, -0.25) is 9.78 Å². The molecule has 6 aliphatic rings. The minimum atomic E-state index is -0.248. The highest BCUT2D eigenvalue weighted by atomic mass is 16.3. The lowest BCUT2D eigenvalue weighted by atomic mass is 9.37. The third-order valence-electron chi connectivity index (χ3n) is 18.4. The van der Waals surface area contributed by atoms with E-state index in [1.54, 1.807) is 0 Å². The van der Waals surface area contributed by atoms with Crippen molar-refractivity contribution in [1.82, 2.24) is 24.3 Å². The van der Waals surface area contributed by atoms with Crippen LogP contribution in [0.25, 0.3) is 11.3 Å². The van der Waals surface area contributed by atoms with Crippen molar-refractivity contribution in [2.24, 2.45) is 56.7 Å². The second-order valence-corrected chi connectivity index (χ2v) is 21.5. The number of rotatable bonds is 12. The first kappa shape index (κ1) is 39.6. The number of fused-ring (bicyclic) bond motifs is 5. The normalized spacial score (nSPS) is 37.4. The molecule has 7 nitrogen and oxygen atoms in total. The summed E-state index contributed by atoms with van der Waals surface area (Å²) in [6, 6.07) is 4.12. The number of aliphatic hydroxyl groups is 1. The van der Waals surface area contributed by atoms with Crippen LogP contribution in [-0.4, -0.2) is 68.6 Å². The molecule has 304 valence electrons. The van der Waals surface area contributed by atoms with Crippen LogP contribution in [0.3, 0.4) is 0 Å². The Labute approximate surface area is 333 Å². The predicted molar refractivity (Wildman–Crippen MR) is 222 cm³/mol. The fraction of sp³-hybridized carbons (Fsp3) is 0.812. The Hall–Kier alpha value is -2.25. The largest absolute Gasteiger partial charge is 0.393 e. The van der Waals surface area contributed by atoms with E-state index in [9.17, 15) is 5.11 Å². The Bertz CT molecular complexity index is 1680. The maximum atomic E-state index is 15.8. The molecule has 1 aliphatic heterocycles. The highest BCUT2D eigenvalue weighted by Gasteiger charge is 2.71. The van der Waals surface area contributed by atoms with Crippen molar-refractivity contribution in [1.29, 1.82) is 0 Å². The Morgan fingerprint density at radius 2 is 1.80 bits per heavy atom. The van der Waals surface area contributed by atoms with Crippen molar-refractivity contribution in [2.75, 3.05) is 27.2 Å². The van der Waals surface area contributed by atoms with Crippen molar-refractivity contribution in [3.05, 3.63) is 36.5 Å². The summed E-state index contributed by atoms with van der Waals surface area (Å²) < 4.78 is 2.36. The van der Waals surface area contributed by atoms with Gasteiger partial charge in [-0.15, -0.1) is 0 Å². The number of unbranched alkanes of at least 4 members (excludes halogenated alkanes) is 1. The van der Waals surface area contributed by atoms with Crippen molar-refractivity contribution >= 4 is 5.91 Å². The van der Waals surface area contributed by atoms with Crippen LogP contribution in [0.15, 0.2) is 30.7 Å². The van der Waals surface area contributed by atoms with Gasteiger partial charge in [0.05, 0.1) is 23.3 Å². The highest BCUT2D eigenvalue weighted by Crippen LogP contribution is 2.76. The first-order valence-electron chi connectivity index (χ1n) is 22.8. The predicted octanol–water partition coefficient (Wildman–Crippen LogP) is 10.2.